The van der Waals surface area contributed by atoms with Crippen LogP contribution in [0, 0.1) is 11.7 Å². The molecule has 3 heterocycles. The number of carboxylic acid groups (broad SMARTS) is 1. The molecule has 0 aromatic heterocycles. The van der Waals surface area contributed by atoms with Crippen LogP contribution in [0.5, 0.6) is 5.75 Å². The second-order valence-electron chi connectivity index (χ2n) is 13.3. The Labute approximate surface area is 264 Å². The van der Waals surface area contributed by atoms with Crippen LogP contribution >= 0.6 is 0 Å². The summed E-state index contributed by atoms with van der Waals surface area (Å²) in [5, 5.41) is 9.42. The van der Waals surface area contributed by atoms with E-state index in [9.17, 15) is 19.1 Å². The van der Waals surface area contributed by atoms with Gasteiger partial charge >= 0.3 is 5.97 Å². The van der Waals surface area contributed by atoms with Crippen LogP contribution in [-0.4, -0.2) is 98.1 Å². The molecule has 1 saturated carbocycles. The summed E-state index contributed by atoms with van der Waals surface area (Å²) in [5.74, 6) is -1.98. The van der Waals surface area contributed by atoms with Gasteiger partial charge in [0, 0.05) is 69.9 Å². The van der Waals surface area contributed by atoms with Crippen molar-refractivity contribution in [1.82, 2.24) is 9.80 Å². The number of carbonyl (C=O) groups excluding carboxylic acids is 1. The number of ether oxygens (including phenoxy) is 2. The van der Waals surface area contributed by atoms with Crippen molar-refractivity contribution in [3.05, 3.63) is 59.4 Å². The van der Waals surface area contributed by atoms with Crippen molar-refractivity contribution >= 4 is 17.6 Å². The van der Waals surface area contributed by atoms with Gasteiger partial charge in [0.05, 0.1) is 19.1 Å². The lowest BCUT2D eigenvalue weighted by atomic mass is 9.85. The Hall–Kier alpha value is -3.24. The van der Waals surface area contributed by atoms with Crippen molar-refractivity contribution in [2.75, 3.05) is 58.4 Å². The summed E-state index contributed by atoms with van der Waals surface area (Å²) < 4.78 is 42.9. The quantitative estimate of drug-likeness (QED) is 0.431. The zero-order chi connectivity index (χ0) is 31.7. The molecule has 2 aromatic carbocycles. The van der Waals surface area contributed by atoms with E-state index in [1.165, 1.54) is 12.1 Å². The molecule has 244 valence electrons. The number of aliphatic carboxylic acids is 1. The molecular formula is C35H45F2N3O5. The summed E-state index contributed by atoms with van der Waals surface area (Å²) >= 11 is 0. The Morgan fingerprint density at radius 1 is 0.911 bits per heavy atom. The molecule has 0 radical (unpaired) electrons. The van der Waals surface area contributed by atoms with Crippen molar-refractivity contribution in [3.63, 3.8) is 0 Å². The first-order valence-electron chi connectivity index (χ1n) is 16.4. The molecule has 1 N–H and O–H groups in total. The van der Waals surface area contributed by atoms with Crippen molar-refractivity contribution in [2.24, 2.45) is 5.92 Å². The van der Waals surface area contributed by atoms with E-state index in [-0.39, 0.29) is 30.4 Å². The van der Waals surface area contributed by atoms with E-state index in [0.717, 1.165) is 42.5 Å². The molecule has 3 saturated heterocycles. The van der Waals surface area contributed by atoms with E-state index in [1.807, 2.05) is 24.3 Å². The maximum absolute atomic E-state index is 17.5. The Kier molecular flexibility index (Phi) is 9.34. The molecule has 0 spiro atoms. The number of amides is 1. The Morgan fingerprint density at radius 2 is 1.62 bits per heavy atom. The standard InChI is InChI=1S/C35H45F2N3O5/c1-44-28-8-3-23(4-9-28)31-21-40(27-6-10-29(45-2)11-7-27)22-35(31,37)34(43)39-18-15-25(20-39)30-12-5-26(36)19-32(30)38-16-13-24(14-17-38)33(41)42/h3-5,8-9,12,19,24-25,27,29,31H,6-7,10-11,13-18,20-22H2,1-2H3,(H,41,42)/t25-,27?,29?,31+,35+/m1/s1. The zero-order valence-electron chi connectivity index (χ0n) is 26.3. The summed E-state index contributed by atoms with van der Waals surface area (Å²) in [6, 6.07) is 12.4. The number of likely N-dealkylation sites (tertiary alicyclic amines) is 2. The molecule has 2 aromatic rings. The van der Waals surface area contributed by atoms with Crippen molar-refractivity contribution in [2.45, 2.75) is 74.6 Å². The maximum atomic E-state index is 17.5. The Balaban J connectivity index is 1.21. The summed E-state index contributed by atoms with van der Waals surface area (Å²) in [5.41, 5.74) is 0.401. The molecule has 3 atom stereocenters. The average molecular weight is 626 g/mol. The number of alkyl halides is 1. The van der Waals surface area contributed by atoms with Crippen LogP contribution in [0.1, 0.15) is 67.9 Å². The van der Waals surface area contributed by atoms with Gasteiger partial charge in [0.2, 0.25) is 5.67 Å². The molecular weight excluding hydrogens is 580 g/mol. The molecule has 1 amide bonds. The van der Waals surface area contributed by atoms with Crippen molar-refractivity contribution in [3.8, 4) is 5.75 Å². The monoisotopic (exact) mass is 625 g/mol. The van der Waals surface area contributed by atoms with Gasteiger partial charge in [0.25, 0.3) is 5.91 Å². The number of halogens is 2. The molecule has 0 bridgehead atoms. The second kappa shape index (κ2) is 13.2. The fourth-order valence-corrected chi connectivity index (χ4v) is 8.16. The fourth-order valence-electron chi connectivity index (χ4n) is 8.16. The van der Waals surface area contributed by atoms with E-state index in [4.69, 9.17) is 9.47 Å². The number of carbonyl (C=O) groups is 2. The van der Waals surface area contributed by atoms with Gasteiger partial charge in [-0.2, -0.15) is 0 Å². The van der Waals surface area contributed by atoms with Crippen LogP contribution in [-0.2, 0) is 14.3 Å². The molecule has 10 heteroatoms. The van der Waals surface area contributed by atoms with Gasteiger partial charge in [0.1, 0.15) is 11.6 Å². The minimum Gasteiger partial charge on any atom is -0.497 e. The number of piperidine rings is 1. The van der Waals surface area contributed by atoms with Crippen LogP contribution in [0.15, 0.2) is 42.5 Å². The average Bonchev–Trinajstić information content (AvgIpc) is 3.70. The predicted octanol–water partition coefficient (Wildman–Crippen LogP) is 5.22. The van der Waals surface area contributed by atoms with Gasteiger partial charge in [0.15, 0.2) is 0 Å². The second-order valence-corrected chi connectivity index (χ2v) is 13.3. The molecule has 45 heavy (non-hydrogen) atoms. The summed E-state index contributed by atoms with van der Waals surface area (Å²) in [7, 11) is 3.34. The molecule has 0 unspecified atom stereocenters. The summed E-state index contributed by atoms with van der Waals surface area (Å²) in [4.78, 5) is 31.7. The van der Waals surface area contributed by atoms with E-state index in [1.54, 1.807) is 25.2 Å². The number of methoxy groups -OCH3 is 2. The number of carboxylic acids is 1. The van der Waals surface area contributed by atoms with E-state index in [2.05, 4.69) is 9.80 Å². The predicted molar refractivity (Wildman–Crippen MR) is 167 cm³/mol. The SMILES string of the molecule is COc1ccc([C@@H]2CN(C3CCC(OC)CC3)C[C@@]2(F)C(=O)N2CC[C@@H](c3ccc(F)cc3N3CCC(C(=O)O)CC3)C2)cc1. The largest absolute Gasteiger partial charge is 0.497 e. The highest BCUT2D eigenvalue weighted by Gasteiger charge is 2.57. The summed E-state index contributed by atoms with van der Waals surface area (Å²) in [6.07, 6.45) is 5.59. The smallest absolute Gasteiger partial charge is 0.306 e. The molecule has 6 rings (SSSR count). The highest BCUT2D eigenvalue weighted by Crippen LogP contribution is 2.45. The van der Waals surface area contributed by atoms with Gasteiger partial charge < -0.3 is 24.4 Å². The van der Waals surface area contributed by atoms with Crippen LogP contribution in [0.4, 0.5) is 14.5 Å². The third-order valence-corrected chi connectivity index (χ3v) is 10.9. The normalized spacial score (nSPS) is 29.7. The highest BCUT2D eigenvalue weighted by atomic mass is 19.1. The van der Waals surface area contributed by atoms with E-state index < -0.39 is 29.4 Å². The van der Waals surface area contributed by atoms with Gasteiger partial charge in [-0.25, -0.2) is 8.78 Å². The zero-order valence-corrected chi connectivity index (χ0v) is 26.3. The third-order valence-electron chi connectivity index (χ3n) is 10.9. The number of nitrogens with zero attached hydrogens (tertiary/aromatic N) is 3. The van der Waals surface area contributed by atoms with Crippen LogP contribution in [0.25, 0.3) is 0 Å². The molecule has 8 nitrogen and oxygen atoms in total. The van der Waals surface area contributed by atoms with Crippen LogP contribution in [0.2, 0.25) is 0 Å². The number of hydrogen-bond acceptors (Lipinski definition) is 6. The van der Waals surface area contributed by atoms with Gasteiger partial charge in [-0.3, -0.25) is 14.5 Å². The van der Waals surface area contributed by atoms with Gasteiger partial charge in [-0.1, -0.05) is 18.2 Å². The topological polar surface area (TPSA) is 82.6 Å². The van der Waals surface area contributed by atoms with E-state index >= 15 is 4.39 Å². The van der Waals surface area contributed by atoms with E-state index in [0.29, 0.717) is 57.7 Å². The number of anilines is 1. The lowest BCUT2D eigenvalue weighted by Gasteiger charge is -2.35. The number of benzene rings is 2. The molecule has 4 aliphatic rings. The first-order valence-corrected chi connectivity index (χ1v) is 16.4. The number of rotatable bonds is 8. The van der Waals surface area contributed by atoms with Crippen LogP contribution in [0.3, 0.4) is 0 Å². The minimum atomic E-state index is -2.08. The van der Waals surface area contributed by atoms with Crippen LogP contribution < -0.4 is 9.64 Å². The Morgan fingerprint density at radius 3 is 2.27 bits per heavy atom. The molecule has 4 fully saturated rings. The lowest BCUT2D eigenvalue weighted by molar-refractivity contribution is -0.143. The first kappa shape index (κ1) is 31.7. The third kappa shape index (κ3) is 6.41. The lowest BCUT2D eigenvalue weighted by Crippen LogP contribution is -2.50. The summed E-state index contributed by atoms with van der Waals surface area (Å²) in [6.45, 7) is 2.39. The first-order chi connectivity index (χ1) is 21.7. The highest BCUT2D eigenvalue weighted by molar-refractivity contribution is 5.88. The maximum Gasteiger partial charge on any atom is 0.306 e. The minimum absolute atomic E-state index is 0.0618. The van der Waals surface area contributed by atoms with Gasteiger partial charge in [-0.05, 0) is 80.3 Å². The number of hydrogen-bond donors (Lipinski definition) is 1. The van der Waals surface area contributed by atoms with Crippen molar-refractivity contribution in [1.29, 1.82) is 0 Å². The molecule has 3 aliphatic heterocycles. The Bertz CT molecular complexity index is 1360. The molecule has 1 aliphatic carbocycles. The fraction of sp³-hybridized carbons (Fsp3) is 0.600. The van der Waals surface area contributed by atoms with Crippen molar-refractivity contribution < 1.29 is 33.0 Å². The van der Waals surface area contributed by atoms with Gasteiger partial charge in [-0.15, -0.1) is 0 Å².